The summed E-state index contributed by atoms with van der Waals surface area (Å²) in [4.78, 5) is 17.4. The summed E-state index contributed by atoms with van der Waals surface area (Å²) in [7, 11) is 0. The number of carbonyl (C=O) groups excluding carboxylic acids is 1. The molecule has 0 saturated carbocycles. The van der Waals surface area contributed by atoms with Gasteiger partial charge in [0.25, 0.3) is 0 Å². The zero-order chi connectivity index (χ0) is 27.4. The SMILES string of the molecule is C=CCn1c(SCC(=O)Nc2cccc(C(F)(F)F)c2)nnc1-c1cc(-c2ccccc2)nc2ccccc12. The number of thioether (sulfide) groups is 1. The van der Waals surface area contributed by atoms with E-state index in [1.54, 1.807) is 6.08 Å². The maximum Gasteiger partial charge on any atom is 0.416 e. The van der Waals surface area contributed by atoms with E-state index in [4.69, 9.17) is 4.98 Å². The van der Waals surface area contributed by atoms with Gasteiger partial charge in [0.05, 0.1) is 22.5 Å². The summed E-state index contributed by atoms with van der Waals surface area (Å²) in [6.45, 7) is 4.24. The van der Waals surface area contributed by atoms with E-state index in [9.17, 15) is 18.0 Å². The Balaban J connectivity index is 1.43. The Morgan fingerprint density at radius 3 is 2.51 bits per heavy atom. The smallest absolute Gasteiger partial charge is 0.325 e. The summed E-state index contributed by atoms with van der Waals surface area (Å²) in [6, 6.07) is 24.1. The van der Waals surface area contributed by atoms with Gasteiger partial charge in [-0.2, -0.15) is 13.2 Å². The normalized spacial score (nSPS) is 11.5. The van der Waals surface area contributed by atoms with Crippen LogP contribution in [0, 0.1) is 0 Å². The topological polar surface area (TPSA) is 72.7 Å². The summed E-state index contributed by atoms with van der Waals surface area (Å²) < 4.78 is 40.9. The van der Waals surface area contributed by atoms with Crippen molar-refractivity contribution < 1.29 is 18.0 Å². The average Bonchev–Trinajstić information content (AvgIpc) is 3.34. The van der Waals surface area contributed by atoms with Crippen LogP contribution in [0.2, 0.25) is 0 Å². The van der Waals surface area contributed by atoms with E-state index < -0.39 is 17.6 Å². The van der Waals surface area contributed by atoms with Crippen molar-refractivity contribution in [1.82, 2.24) is 19.7 Å². The fraction of sp³-hybridized carbons (Fsp3) is 0.103. The minimum atomic E-state index is -4.50. The number of para-hydroxylation sites is 1. The number of nitrogens with zero attached hydrogens (tertiary/aromatic N) is 4. The molecule has 5 aromatic rings. The van der Waals surface area contributed by atoms with Gasteiger partial charge in [0, 0.05) is 28.7 Å². The molecule has 0 spiro atoms. The monoisotopic (exact) mass is 545 g/mol. The molecule has 3 aromatic carbocycles. The molecule has 0 aliphatic carbocycles. The second-order valence-electron chi connectivity index (χ2n) is 8.56. The molecule has 10 heteroatoms. The highest BCUT2D eigenvalue weighted by Crippen LogP contribution is 2.33. The van der Waals surface area contributed by atoms with E-state index in [2.05, 4.69) is 22.1 Å². The van der Waals surface area contributed by atoms with E-state index in [1.165, 1.54) is 12.1 Å². The number of hydrogen-bond donors (Lipinski definition) is 1. The molecule has 0 unspecified atom stereocenters. The number of anilines is 1. The van der Waals surface area contributed by atoms with Gasteiger partial charge in [0.1, 0.15) is 0 Å². The van der Waals surface area contributed by atoms with Crippen LogP contribution in [-0.2, 0) is 17.5 Å². The number of alkyl halides is 3. The molecular formula is C29H22F3N5OS. The van der Waals surface area contributed by atoms with Crippen molar-refractivity contribution in [3.05, 3.63) is 103 Å². The van der Waals surface area contributed by atoms with E-state index >= 15 is 0 Å². The Kier molecular flexibility index (Phi) is 7.47. The van der Waals surface area contributed by atoms with E-state index in [0.29, 0.717) is 17.5 Å². The van der Waals surface area contributed by atoms with Crippen LogP contribution in [0.5, 0.6) is 0 Å². The number of allylic oxidation sites excluding steroid dienone is 1. The number of carbonyl (C=O) groups is 1. The molecule has 5 rings (SSSR count). The molecule has 39 heavy (non-hydrogen) atoms. The van der Waals surface area contributed by atoms with Crippen LogP contribution < -0.4 is 5.32 Å². The Morgan fingerprint density at radius 1 is 0.974 bits per heavy atom. The number of hydrogen-bond acceptors (Lipinski definition) is 5. The van der Waals surface area contributed by atoms with Gasteiger partial charge in [0.15, 0.2) is 11.0 Å². The van der Waals surface area contributed by atoms with Gasteiger partial charge >= 0.3 is 6.18 Å². The molecule has 1 amide bonds. The third-order valence-electron chi connectivity index (χ3n) is 5.86. The molecule has 0 aliphatic heterocycles. The molecule has 0 radical (unpaired) electrons. The molecule has 0 atom stereocenters. The Hall–Kier alpha value is -4.44. The lowest BCUT2D eigenvalue weighted by Crippen LogP contribution is -2.15. The Labute approximate surface area is 226 Å². The average molecular weight is 546 g/mol. The first-order valence-corrected chi connectivity index (χ1v) is 12.9. The highest BCUT2D eigenvalue weighted by atomic mass is 32.2. The summed E-state index contributed by atoms with van der Waals surface area (Å²) >= 11 is 1.14. The number of amides is 1. The van der Waals surface area contributed by atoms with Crippen LogP contribution in [-0.4, -0.2) is 31.4 Å². The molecule has 1 N–H and O–H groups in total. The first-order chi connectivity index (χ1) is 18.8. The van der Waals surface area contributed by atoms with Crippen LogP contribution in [0.15, 0.2) is 103 Å². The lowest BCUT2D eigenvalue weighted by Gasteiger charge is -2.12. The van der Waals surface area contributed by atoms with Gasteiger partial charge in [-0.3, -0.25) is 9.36 Å². The lowest BCUT2D eigenvalue weighted by atomic mass is 10.0. The van der Waals surface area contributed by atoms with E-state index in [-0.39, 0.29) is 11.4 Å². The summed E-state index contributed by atoms with van der Waals surface area (Å²) in [5.41, 5.74) is 2.61. The number of rotatable bonds is 8. The van der Waals surface area contributed by atoms with E-state index in [0.717, 1.165) is 51.6 Å². The highest BCUT2D eigenvalue weighted by molar-refractivity contribution is 7.99. The van der Waals surface area contributed by atoms with Gasteiger partial charge < -0.3 is 5.32 Å². The minimum absolute atomic E-state index is 0.0698. The Morgan fingerprint density at radius 2 is 1.74 bits per heavy atom. The standard InChI is InChI=1S/C29H22F3N5OS/c1-2-15-37-27(23-17-25(19-9-4-3-5-10-19)34-24-14-7-6-13-22(23)24)35-36-28(37)39-18-26(38)33-21-12-8-11-20(16-21)29(30,31)32/h2-14,16-17H,1,15,18H2,(H,33,38). The van der Waals surface area contributed by atoms with Gasteiger partial charge in [-0.25, -0.2) is 4.98 Å². The number of aromatic nitrogens is 4. The molecule has 0 aliphatic rings. The third kappa shape index (κ3) is 5.85. The number of halogens is 3. The molecule has 196 valence electrons. The quantitative estimate of drug-likeness (QED) is 0.166. The first-order valence-electron chi connectivity index (χ1n) is 11.9. The maximum atomic E-state index is 13.0. The maximum absolute atomic E-state index is 13.0. The van der Waals surface area contributed by atoms with Crippen molar-refractivity contribution >= 4 is 34.3 Å². The largest absolute Gasteiger partial charge is 0.416 e. The van der Waals surface area contributed by atoms with Gasteiger partial charge in [-0.15, -0.1) is 16.8 Å². The number of benzene rings is 3. The first kappa shape index (κ1) is 26.2. The highest BCUT2D eigenvalue weighted by Gasteiger charge is 2.30. The molecule has 2 aromatic heterocycles. The second-order valence-corrected chi connectivity index (χ2v) is 9.50. The molecule has 2 heterocycles. The summed E-state index contributed by atoms with van der Waals surface area (Å²) in [5.74, 6) is 0.0546. The van der Waals surface area contributed by atoms with Crippen molar-refractivity contribution in [2.24, 2.45) is 0 Å². The number of nitrogens with one attached hydrogen (secondary N) is 1. The zero-order valence-corrected chi connectivity index (χ0v) is 21.3. The number of fused-ring (bicyclic) bond motifs is 1. The van der Waals surface area contributed by atoms with Crippen LogP contribution in [0.1, 0.15) is 5.56 Å². The predicted octanol–water partition coefficient (Wildman–Crippen LogP) is 7.10. The molecule has 0 saturated heterocycles. The van der Waals surface area contributed by atoms with Crippen molar-refractivity contribution in [3.63, 3.8) is 0 Å². The minimum Gasteiger partial charge on any atom is -0.325 e. The lowest BCUT2D eigenvalue weighted by molar-refractivity contribution is -0.137. The van der Waals surface area contributed by atoms with Crippen LogP contribution >= 0.6 is 11.8 Å². The third-order valence-corrected chi connectivity index (χ3v) is 6.83. The van der Waals surface area contributed by atoms with Crippen LogP contribution in [0.4, 0.5) is 18.9 Å². The fourth-order valence-corrected chi connectivity index (χ4v) is 4.85. The van der Waals surface area contributed by atoms with Crippen LogP contribution in [0.25, 0.3) is 33.5 Å². The second kappa shape index (κ2) is 11.1. The number of pyridine rings is 1. The summed E-state index contributed by atoms with van der Waals surface area (Å²) in [5, 5.41) is 12.7. The van der Waals surface area contributed by atoms with Crippen molar-refractivity contribution in [2.75, 3.05) is 11.1 Å². The molecule has 6 nitrogen and oxygen atoms in total. The molecular weight excluding hydrogens is 523 g/mol. The van der Waals surface area contributed by atoms with Crippen molar-refractivity contribution in [3.8, 4) is 22.6 Å². The Bertz CT molecular complexity index is 1650. The van der Waals surface area contributed by atoms with E-state index in [1.807, 2.05) is 65.2 Å². The molecule has 0 bridgehead atoms. The fourth-order valence-electron chi connectivity index (χ4n) is 4.11. The zero-order valence-electron chi connectivity index (χ0n) is 20.5. The predicted molar refractivity (Wildman–Crippen MR) is 147 cm³/mol. The molecule has 0 fully saturated rings. The van der Waals surface area contributed by atoms with Crippen LogP contribution in [0.3, 0.4) is 0 Å². The van der Waals surface area contributed by atoms with Crippen molar-refractivity contribution in [2.45, 2.75) is 17.9 Å². The van der Waals surface area contributed by atoms with Gasteiger partial charge in [-0.1, -0.05) is 72.4 Å². The van der Waals surface area contributed by atoms with Gasteiger partial charge in [0.2, 0.25) is 5.91 Å². The van der Waals surface area contributed by atoms with Gasteiger partial charge in [-0.05, 0) is 30.3 Å². The van der Waals surface area contributed by atoms with Crippen molar-refractivity contribution in [1.29, 1.82) is 0 Å². The summed E-state index contributed by atoms with van der Waals surface area (Å²) in [6.07, 6.45) is -2.79.